The van der Waals surface area contributed by atoms with Gasteiger partial charge in [-0.2, -0.15) is 0 Å². The molecular weight excluding hydrogens is 254 g/mol. The molecule has 0 radical (unpaired) electrons. The summed E-state index contributed by atoms with van der Waals surface area (Å²) < 4.78 is 11.0. The van der Waals surface area contributed by atoms with Crippen molar-refractivity contribution in [2.24, 2.45) is 16.6 Å². The molecule has 0 aromatic heterocycles. The summed E-state index contributed by atoms with van der Waals surface area (Å²) in [5, 5.41) is 0. The maximum Gasteiger partial charge on any atom is 0.191 e. The lowest BCUT2D eigenvalue weighted by Gasteiger charge is -2.21. The normalized spacial score (nSPS) is 24.9. The zero-order chi connectivity index (χ0) is 14.0. The fourth-order valence-electron chi connectivity index (χ4n) is 2.72. The Kier molecular flexibility index (Phi) is 7.15. The van der Waals surface area contributed by atoms with Crippen molar-refractivity contribution in [2.45, 2.75) is 38.5 Å². The standard InChI is InChI=1S/C15H29N3O2/c16-15(18-8-3-1-2-4-9-18)17-7-5-10-19-12-14-6-11-20-13-14/h14H,1-13H2,(H2,16,17)/t14-/m0/s1. The van der Waals surface area contributed by atoms with Crippen LogP contribution in [0.1, 0.15) is 38.5 Å². The molecule has 2 saturated heterocycles. The van der Waals surface area contributed by atoms with Crippen LogP contribution in [-0.2, 0) is 9.47 Å². The SMILES string of the molecule is NC(=NCCCOC[C@@H]1CCOC1)N1CCCCCC1. The molecule has 0 aromatic rings. The van der Waals surface area contributed by atoms with Gasteiger partial charge in [-0.3, -0.25) is 4.99 Å². The first-order chi connectivity index (χ1) is 9.86. The summed E-state index contributed by atoms with van der Waals surface area (Å²) in [5.74, 6) is 1.32. The van der Waals surface area contributed by atoms with Crippen LogP contribution in [0, 0.1) is 5.92 Å². The van der Waals surface area contributed by atoms with E-state index in [1.165, 1.54) is 25.7 Å². The van der Waals surface area contributed by atoms with Crippen LogP contribution in [-0.4, -0.2) is 56.9 Å². The lowest BCUT2D eigenvalue weighted by Crippen LogP contribution is -2.38. The van der Waals surface area contributed by atoms with Gasteiger partial charge in [-0.1, -0.05) is 12.8 Å². The van der Waals surface area contributed by atoms with E-state index in [4.69, 9.17) is 15.2 Å². The average Bonchev–Trinajstić information content (AvgIpc) is 2.82. The molecule has 2 aliphatic rings. The fraction of sp³-hybridized carbons (Fsp3) is 0.933. The zero-order valence-corrected chi connectivity index (χ0v) is 12.6. The van der Waals surface area contributed by atoms with Gasteiger partial charge in [-0.05, 0) is 25.7 Å². The van der Waals surface area contributed by atoms with Crippen molar-refractivity contribution in [1.82, 2.24) is 4.90 Å². The van der Waals surface area contributed by atoms with Gasteiger partial charge < -0.3 is 20.1 Å². The summed E-state index contributed by atoms with van der Waals surface area (Å²) in [6.07, 6.45) is 7.21. The first-order valence-electron chi connectivity index (χ1n) is 8.06. The van der Waals surface area contributed by atoms with E-state index in [-0.39, 0.29) is 0 Å². The fourth-order valence-corrected chi connectivity index (χ4v) is 2.72. The molecule has 0 bridgehead atoms. The Labute approximate surface area is 122 Å². The molecule has 0 spiro atoms. The third-order valence-electron chi connectivity index (χ3n) is 4.03. The molecule has 2 heterocycles. The third kappa shape index (κ3) is 5.67. The minimum atomic E-state index is 0.598. The number of hydrogen-bond donors (Lipinski definition) is 1. The van der Waals surface area contributed by atoms with Crippen molar-refractivity contribution < 1.29 is 9.47 Å². The minimum absolute atomic E-state index is 0.598. The predicted octanol–water partition coefficient (Wildman–Crippen LogP) is 1.62. The molecule has 2 fully saturated rings. The molecule has 0 unspecified atom stereocenters. The first-order valence-corrected chi connectivity index (χ1v) is 8.06. The molecule has 5 heteroatoms. The third-order valence-corrected chi connectivity index (χ3v) is 4.03. The molecule has 0 amide bonds. The van der Waals surface area contributed by atoms with E-state index in [0.717, 1.165) is 64.9 Å². The van der Waals surface area contributed by atoms with E-state index in [9.17, 15) is 0 Å². The van der Waals surface area contributed by atoms with Crippen LogP contribution in [0.5, 0.6) is 0 Å². The summed E-state index contributed by atoms with van der Waals surface area (Å²) in [4.78, 5) is 6.70. The van der Waals surface area contributed by atoms with Crippen molar-refractivity contribution in [1.29, 1.82) is 0 Å². The van der Waals surface area contributed by atoms with Crippen LogP contribution in [0.4, 0.5) is 0 Å². The number of likely N-dealkylation sites (tertiary alicyclic amines) is 1. The average molecular weight is 283 g/mol. The smallest absolute Gasteiger partial charge is 0.191 e. The lowest BCUT2D eigenvalue weighted by atomic mass is 10.1. The molecule has 20 heavy (non-hydrogen) atoms. The van der Waals surface area contributed by atoms with E-state index in [1.807, 2.05) is 0 Å². The molecule has 116 valence electrons. The zero-order valence-electron chi connectivity index (χ0n) is 12.6. The topological polar surface area (TPSA) is 60.1 Å². The van der Waals surface area contributed by atoms with Gasteiger partial charge in [-0.15, -0.1) is 0 Å². The summed E-state index contributed by atoms with van der Waals surface area (Å²) in [7, 11) is 0. The second kappa shape index (κ2) is 9.19. The Balaban J connectivity index is 1.52. The number of nitrogens with zero attached hydrogens (tertiary/aromatic N) is 2. The molecular formula is C15H29N3O2. The van der Waals surface area contributed by atoms with Gasteiger partial charge in [-0.25, -0.2) is 0 Å². The van der Waals surface area contributed by atoms with Crippen LogP contribution < -0.4 is 5.73 Å². The van der Waals surface area contributed by atoms with Gasteiger partial charge in [0.05, 0.1) is 13.2 Å². The van der Waals surface area contributed by atoms with Crippen LogP contribution in [0.2, 0.25) is 0 Å². The molecule has 2 aliphatic heterocycles. The second-order valence-corrected chi connectivity index (χ2v) is 5.80. The molecule has 5 nitrogen and oxygen atoms in total. The summed E-state index contributed by atoms with van der Waals surface area (Å²) in [6, 6.07) is 0. The van der Waals surface area contributed by atoms with Gasteiger partial charge in [0.25, 0.3) is 0 Å². The molecule has 0 aliphatic carbocycles. The number of aliphatic imine (C=N–C) groups is 1. The molecule has 2 rings (SSSR count). The first kappa shape index (κ1) is 15.6. The van der Waals surface area contributed by atoms with Crippen molar-refractivity contribution in [3.63, 3.8) is 0 Å². The van der Waals surface area contributed by atoms with Gasteiger partial charge in [0, 0.05) is 38.8 Å². The molecule has 2 N–H and O–H groups in total. The van der Waals surface area contributed by atoms with Gasteiger partial charge in [0.1, 0.15) is 0 Å². The quantitative estimate of drug-likeness (QED) is 0.457. The highest BCUT2D eigenvalue weighted by Gasteiger charge is 2.15. The van der Waals surface area contributed by atoms with Crippen LogP contribution in [0.25, 0.3) is 0 Å². The van der Waals surface area contributed by atoms with E-state index >= 15 is 0 Å². The number of hydrogen-bond acceptors (Lipinski definition) is 3. The summed E-state index contributed by atoms with van der Waals surface area (Å²) in [6.45, 7) is 6.24. The highest BCUT2D eigenvalue weighted by Crippen LogP contribution is 2.12. The van der Waals surface area contributed by atoms with Crippen molar-refractivity contribution in [3.8, 4) is 0 Å². The predicted molar refractivity (Wildman–Crippen MR) is 80.9 cm³/mol. The number of ether oxygens (including phenoxy) is 2. The number of nitrogens with two attached hydrogens (primary N) is 1. The van der Waals surface area contributed by atoms with E-state index in [2.05, 4.69) is 9.89 Å². The monoisotopic (exact) mass is 283 g/mol. The Hall–Kier alpha value is -0.810. The van der Waals surface area contributed by atoms with Crippen LogP contribution in [0.3, 0.4) is 0 Å². The van der Waals surface area contributed by atoms with Crippen LogP contribution >= 0.6 is 0 Å². The number of guanidine groups is 1. The summed E-state index contributed by atoms with van der Waals surface area (Å²) in [5.41, 5.74) is 6.05. The van der Waals surface area contributed by atoms with Gasteiger partial charge in [0.15, 0.2) is 5.96 Å². The highest BCUT2D eigenvalue weighted by molar-refractivity contribution is 5.78. The van der Waals surface area contributed by atoms with E-state index < -0.39 is 0 Å². The Bertz CT molecular complexity index is 283. The van der Waals surface area contributed by atoms with Crippen LogP contribution in [0.15, 0.2) is 4.99 Å². The van der Waals surface area contributed by atoms with Gasteiger partial charge in [0.2, 0.25) is 0 Å². The van der Waals surface area contributed by atoms with Crippen molar-refractivity contribution >= 4 is 5.96 Å². The Morgan fingerprint density at radius 2 is 2.05 bits per heavy atom. The highest BCUT2D eigenvalue weighted by atomic mass is 16.5. The van der Waals surface area contributed by atoms with E-state index in [1.54, 1.807) is 0 Å². The molecule has 0 aromatic carbocycles. The van der Waals surface area contributed by atoms with E-state index in [0.29, 0.717) is 5.92 Å². The second-order valence-electron chi connectivity index (χ2n) is 5.80. The Morgan fingerprint density at radius 1 is 1.25 bits per heavy atom. The lowest BCUT2D eigenvalue weighted by molar-refractivity contribution is 0.0893. The summed E-state index contributed by atoms with van der Waals surface area (Å²) >= 11 is 0. The maximum atomic E-state index is 6.05. The van der Waals surface area contributed by atoms with Crippen molar-refractivity contribution in [3.05, 3.63) is 0 Å². The largest absolute Gasteiger partial charge is 0.381 e. The van der Waals surface area contributed by atoms with Gasteiger partial charge >= 0.3 is 0 Å². The number of rotatable bonds is 6. The minimum Gasteiger partial charge on any atom is -0.381 e. The Morgan fingerprint density at radius 3 is 2.75 bits per heavy atom. The van der Waals surface area contributed by atoms with Crippen molar-refractivity contribution in [2.75, 3.05) is 46.1 Å². The molecule has 0 saturated carbocycles. The maximum absolute atomic E-state index is 6.05. The molecule has 1 atom stereocenters.